The number of ether oxygens (including phenoxy) is 1. The summed E-state index contributed by atoms with van der Waals surface area (Å²) in [5, 5.41) is 0. The van der Waals surface area contributed by atoms with E-state index < -0.39 is 0 Å². The zero-order valence-corrected chi connectivity index (χ0v) is 9.84. The van der Waals surface area contributed by atoms with Gasteiger partial charge in [-0.05, 0) is 45.4 Å². The van der Waals surface area contributed by atoms with Crippen LogP contribution in [0.15, 0.2) is 11.6 Å². The summed E-state index contributed by atoms with van der Waals surface area (Å²) in [6.45, 7) is 9.87. The number of rotatable bonds is 3. The lowest BCUT2D eigenvalue weighted by atomic mass is 9.72. The van der Waals surface area contributed by atoms with Crippen molar-refractivity contribution in [3.8, 4) is 0 Å². The Kier molecular flexibility index (Phi) is 2.46. The summed E-state index contributed by atoms with van der Waals surface area (Å²) >= 11 is 0. The van der Waals surface area contributed by atoms with E-state index in [-0.39, 0.29) is 0 Å². The summed E-state index contributed by atoms with van der Waals surface area (Å²) in [5.74, 6) is 1.63. The zero-order chi connectivity index (χ0) is 10.3. The molecule has 0 spiro atoms. The van der Waals surface area contributed by atoms with Crippen LogP contribution in [0.25, 0.3) is 0 Å². The van der Waals surface area contributed by atoms with Crippen LogP contribution in [0, 0.1) is 17.3 Å². The summed E-state index contributed by atoms with van der Waals surface area (Å²) in [6.07, 6.45) is 5.61. The van der Waals surface area contributed by atoms with Crippen molar-refractivity contribution in [3.63, 3.8) is 0 Å². The van der Waals surface area contributed by atoms with Gasteiger partial charge in [0.25, 0.3) is 0 Å². The maximum atomic E-state index is 5.79. The van der Waals surface area contributed by atoms with Crippen molar-refractivity contribution in [3.05, 3.63) is 11.6 Å². The molecule has 2 rings (SSSR count). The fraction of sp³-hybridized carbons (Fsp3) is 0.846. The molecule has 0 saturated heterocycles. The van der Waals surface area contributed by atoms with Gasteiger partial charge < -0.3 is 4.74 Å². The predicted molar refractivity (Wildman–Crippen MR) is 59.2 cm³/mol. The summed E-state index contributed by atoms with van der Waals surface area (Å²) in [5.41, 5.74) is 2.02. The van der Waals surface area contributed by atoms with Gasteiger partial charge >= 0.3 is 0 Å². The van der Waals surface area contributed by atoms with Crippen molar-refractivity contribution in [2.75, 3.05) is 6.61 Å². The Labute approximate surface area is 87.5 Å². The van der Waals surface area contributed by atoms with Gasteiger partial charge in [0.05, 0.1) is 6.10 Å². The van der Waals surface area contributed by atoms with Crippen molar-refractivity contribution in [1.82, 2.24) is 0 Å². The van der Waals surface area contributed by atoms with E-state index in [4.69, 9.17) is 4.74 Å². The second-order valence-corrected chi connectivity index (χ2v) is 5.26. The van der Waals surface area contributed by atoms with Gasteiger partial charge in [-0.15, -0.1) is 0 Å². The van der Waals surface area contributed by atoms with Crippen LogP contribution >= 0.6 is 0 Å². The summed E-state index contributed by atoms with van der Waals surface area (Å²) < 4.78 is 5.79. The molecule has 80 valence electrons. The molecular formula is C13H22O. The smallest absolute Gasteiger partial charge is 0.0606 e. The minimum Gasteiger partial charge on any atom is -0.378 e. The molecule has 4 unspecified atom stereocenters. The largest absolute Gasteiger partial charge is 0.378 e. The Balaban J connectivity index is 2.12. The Morgan fingerprint density at radius 2 is 2.36 bits per heavy atom. The van der Waals surface area contributed by atoms with Crippen LogP contribution in [0.2, 0.25) is 0 Å². The monoisotopic (exact) mass is 194 g/mol. The first kappa shape index (κ1) is 10.2. The first-order valence-electron chi connectivity index (χ1n) is 5.88. The molecule has 1 saturated carbocycles. The minimum atomic E-state index is 0.403. The second kappa shape index (κ2) is 3.37. The van der Waals surface area contributed by atoms with Crippen molar-refractivity contribution in [2.45, 2.75) is 46.6 Å². The number of hydrogen-bond donors (Lipinski definition) is 0. The molecule has 1 nitrogen and oxygen atoms in total. The zero-order valence-electron chi connectivity index (χ0n) is 9.84. The molecule has 2 aliphatic carbocycles. The first-order chi connectivity index (χ1) is 6.58. The molecule has 0 aliphatic heterocycles. The summed E-state index contributed by atoms with van der Waals surface area (Å²) in [7, 11) is 0. The number of hydrogen-bond acceptors (Lipinski definition) is 1. The summed E-state index contributed by atoms with van der Waals surface area (Å²) in [4.78, 5) is 0. The van der Waals surface area contributed by atoms with Gasteiger partial charge in [-0.1, -0.05) is 18.6 Å². The molecule has 0 aromatic heterocycles. The highest BCUT2D eigenvalue weighted by Crippen LogP contribution is 2.56. The van der Waals surface area contributed by atoms with Crippen LogP contribution in [0.3, 0.4) is 0 Å². The Hall–Kier alpha value is -0.300. The third-order valence-corrected chi connectivity index (χ3v) is 4.53. The molecule has 14 heavy (non-hydrogen) atoms. The normalized spacial score (nSPS) is 42.7. The lowest BCUT2D eigenvalue weighted by Crippen LogP contribution is -2.36. The second-order valence-electron chi connectivity index (χ2n) is 5.26. The fourth-order valence-corrected chi connectivity index (χ4v) is 3.31. The molecule has 2 bridgehead atoms. The van der Waals surface area contributed by atoms with E-state index >= 15 is 0 Å². The molecule has 0 heterocycles. The average Bonchev–Trinajstić information content (AvgIpc) is 2.62. The van der Waals surface area contributed by atoms with Crippen LogP contribution in [-0.4, -0.2) is 12.7 Å². The predicted octanol–water partition coefficient (Wildman–Crippen LogP) is 3.40. The van der Waals surface area contributed by atoms with E-state index in [1.165, 1.54) is 12.8 Å². The Morgan fingerprint density at radius 1 is 1.64 bits per heavy atom. The lowest BCUT2D eigenvalue weighted by molar-refractivity contribution is -0.0290. The molecule has 1 fully saturated rings. The van der Waals surface area contributed by atoms with Crippen molar-refractivity contribution in [1.29, 1.82) is 0 Å². The lowest BCUT2D eigenvalue weighted by Gasteiger charge is -2.38. The standard InChI is InChI=1S/C13H22O/c1-5-14-10(3)13(4)8-11-7-12(13)6-9(11)2/h6,10-12H,5,7-8H2,1-4H3. The molecule has 2 aliphatic rings. The van der Waals surface area contributed by atoms with Gasteiger partial charge in [0.15, 0.2) is 0 Å². The van der Waals surface area contributed by atoms with Crippen LogP contribution in [0.5, 0.6) is 0 Å². The minimum absolute atomic E-state index is 0.403. The SMILES string of the molecule is CCOC(C)C1(C)CC2CC1C=C2C. The topological polar surface area (TPSA) is 9.23 Å². The number of fused-ring (bicyclic) bond motifs is 2. The molecule has 0 aromatic rings. The van der Waals surface area contributed by atoms with Crippen molar-refractivity contribution in [2.24, 2.45) is 17.3 Å². The Bertz CT molecular complexity index is 256. The third-order valence-electron chi connectivity index (χ3n) is 4.53. The van der Waals surface area contributed by atoms with Gasteiger partial charge in [0.2, 0.25) is 0 Å². The first-order valence-corrected chi connectivity index (χ1v) is 5.88. The Morgan fingerprint density at radius 3 is 2.79 bits per heavy atom. The van der Waals surface area contributed by atoms with Crippen molar-refractivity contribution >= 4 is 0 Å². The highest BCUT2D eigenvalue weighted by Gasteiger charge is 2.50. The van der Waals surface area contributed by atoms with E-state index in [2.05, 4.69) is 33.8 Å². The van der Waals surface area contributed by atoms with Crippen molar-refractivity contribution < 1.29 is 4.74 Å². The van der Waals surface area contributed by atoms with Gasteiger partial charge in [-0.25, -0.2) is 0 Å². The molecule has 0 aromatic carbocycles. The van der Waals surface area contributed by atoms with Gasteiger partial charge in [-0.3, -0.25) is 0 Å². The van der Waals surface area contributed by atoms with E-state index in [9.17, 15) is 0 Å². The van der Waals surface area contributed by atoms with Gasteiger partial charge in [0.1, 0.15) is 0 Å². The van der Waals surface area contributed by atoms with Gasteiger partial charge in [0, 0.05) is 12.0 Å². The van der Waals surface area contributed by atoms with Crippen LogP contribution in [-0.2, 0) is 4.74 Å². The van der Waals surface area contributed by atoms with E-state index in [0.717, 1.165) is 18.4 Å². The summed E-state index contributed by atoms with van der Waals surface area (Å²) in [6, 6.07) is 0. The highest BCUT2D eigenvalue weighted by atomic mass is 16.5. The van der Waals surface area contributed by atoms with E-state index in [1.54, 1.807) is 5.57 Å². The van der Waals surface area contributed by atoms with Crippen LogP contribution < -0.4 is 0 Å². The molecule has 0 amide bonds. The third kappa shape index (κ3) is 1.33. The van der Waals surface area contributed by atoms with Gasteiger partial charge in [-0.2, -0.15) is 0 Å². The van der Waals surface area contributed by atoms with Crippen LogP contribution in [0.1, 0.15) is 40.5 Å². The maximum Gasteiger partial charge on any atom is 0.0606 e. The fourth-order valence-electron chi connectivity index (χ4n) is 3.31. The quantitative estimate of drug-likeness (QED) is 0.626. The van der Waals surface area contributed by atoms with E-state index in [1.807, 2.05) is 0 Å². The average molecular weight is 194 g/mol. The molecule has 1 heteroatoms. The number of allylic oxidation sites excluding steroid dienone is 2. The maximum absolute atomic E-state index is 5.79. The molecule has 0 N–H and O–H groups in total. The van der Waals surface area contributed by atoms with E-state index in [0.29, 0.717) is 11.5 Å². The molecule has 4 atom stereocenters. The van der Waals surface area contributed by atoms with Crippen LogP contribution in [0.4, 0.5) is 0 Å². The molecule has 0 radical (unpaired) electrons. The highest BCUT2D eigenvalue weighted by molar-refractivity contribution is 5.23. The molecular weight excluding hydrogens is 172 g/mol.